The molecule has 0 aliphatic carbocycles. The van der Waals surface area contributed by atoms with E-state index in [4.69, 9.17) is 0 Å². The van der Waals surface area contributed by atoms with Crippen LogP contribution in [0.3, 0.4) is 0 Å². The van der Waals surface area contributed by atoms with E-state index in [-0.39, 0.29) is 0 Å². The van der Waals surface area contributed by atoms with Crippen molar-refractivity contribution in [3.63, 3.8) is 0 Å². The highest BCUT2D eigenvalue weighted by molar-refractivity contribution is 5.51. The highest BCUT2D eigenvalue weighted by Gasteiger charge is 2.05. The van der Waals surface area contributed by atoms with Crippen molar-refractivity contribution in [3.05, 3.63) is 71.8 Å². The highest BCUT2D eigenvalue weighted by Crippen LogP contribution is 2.18. The Balaban J connectivity index is 1.93. The molecule has 2 aromatic carbocycles. The van der Waals surface area contributed by atoms with Crippen LogP contribution in [0.1, 0.15) is 50.7 Å². The van der Waals surface area contributed by atoms with Crippen molar-refractivity contribution in [2.45, 2.75) is 46.0 Å². The van der Waals surface area contributed by atoms with Crippen LogP contribution in [-0.4, -0.2) is 13.1 Å². The lowest BCUT2D eigenvalue weighted by molar-refractivity contribution is 0.678. The molecule has 1 nitrogen and oxygen atoms in total. The predicted octanol–water partition coefficient (Wildman–Crippen LogP) is 6.35. The maximum Gasteiger partial charge on any atom is 0.0366 e. The largest absolute Gasteiger partial charge is 0.372 e. The fraction of sp³-hybridized carbons (Fsp3) is 0.391. The zero-order valence-electron chi connectivity index (χ0n) is 15.2. The summed E-state index contributed by atoms with van der Waals surface area (Å²) in [6.07, 6.45) is 10.5. The first kappa shape index (κ1) is 18.3. The topological polar surface area (TPSA) is 3.24 Å². The zero-order chi connectivity index (χ0) is 17.0. The molecule has 0 saturated heterocycles. The number of hydrogen-bond donors (Lipinski definition) is 0. The molecule has 0 atom stereocenters. The van der Waals surface area contributed by atoms with Gasteiger partial charge in [0.05, 0.1) is 0 Å². The molecule has 0 fully saturated rings. The molecule has 0 unspecified atom stereocenters. The molecule has 2 rings (SSSR count). The van der Waals surface area contributed by atoms with Gasteiger partial charge in [-0.3, -0.25) is 0 Å². The third kappa shape index (κ3) is 6.23. The summed E-state index contributed by atoms with van der Waals surface area (Å²) >= 11 is 0. The summed E-state index contributed by atoms with van der Waals surface area (Å²) in [5.41, 5.74) is 4.00. The van der Waals surface area contributed by atoms with Crippen LogP contribution in [0.5, 0.6) is 0 Å². The van der Waals surface area contributed by atoms with Crippen molar-refractivity contribution in [1.82, 2.24) is 0 Å². The maximum atomic E-state index is 2.54. The summed E-state index contributed by atoms with van der Waals surface area (Å²) in [4.78, 5) is 2.54. The van der Waals surface area contributed by atoms with Gasteiger partial charge in [-0.25, -0.2) is 0 Å². The van der Waals surface area contributed by atoms with Crippen LogP contribution in [0, 0.1) is 0 Å². The summed E-state index contributed by atoms with van der Waals surface area (Å²) in [5, 5.41) is 0. The smallest absolute Gasteiger partial charge is 0.0366 e. The van der Waals surface area contributed by atoms with E-state index in [1.54, 1.807) is 0 Å². The number of unbranched alkanes of at least 4 members (excludes halogenated alkanes) is 2. The van der Waals surface area contributed by atoms with Crippen LogP contribution in [0.15, 0.2) is 60.7 Å². The third-order valence-corrected chi connectivity index (χ3v) is 4.33. The van der Waals surface area contributed by atoms with Gasteiger partial charge < -0.3 is 4.90 Å². The number of allylic oxidation sites excluding steroid dienone is 1. The second kappa shape index (κ2) is 10.7. The molecular weight excluding hydrogens is 290 g/mol. The Morgan fingerprint density at radius 3 is 2.00 bits per heavy atom. The summed E-state index contributed by atoms with van der Waals surface area (Å²) in [6.45, 7) is 6.87. The molecule has 0 aliphatic rings. The van der Waals surface area contributed by atoms with E-state index in [9.17, 15) is 0 Å². The second-order valence-corrected chi connectivity index (χ2v) is 6.38. The first-order chi connectivity index (χ1) is 11.8. The average molecular weight is 322 g/mol. The van der Waals surface area contributed by atoms with Crippen LogP contribution in [-0.2, 0) is 6.42 Å². The Hall–Kier alpha value is -2.02. The fourth-order valence-corrected chi connectivity index (χ4v) is 2.81. The molecular formula is C23H31N. The van der Waals surface area contributed by atoms with E-state index in [2.05, 4.69) is 85.5 Å². The molecule has 0 heterocycles. The molecule has 2 aromatic rings. The summed E-state index contributed by atoms with van der Waals surface area (Å²) in [7, 11) is 0. The van der Waals surface area contributed by atoms with Crippen LogP contribution in [0.25, 0.3) is 6.08 Å². The van der Waals surface area contributed by atoms with Crippen LogP contribution in [0.4, 0.5) is 5.69 Å². The van der Waals surface area contributed by atoms with E-state index in [1.807, 2.05) is 0 Å². The van der Waals surface area contributed by atoms with Crippen molar-refractivity contribution >= 4 is 11.8 Å². The molecule has 0 N–H and O–H groups in total. The van der Waals surface area contributed by atoms with Gasteiger partial charge in [0.2, 0.25) is 0 Å². The van der Waals surface area contributed by atoms with Gasteiger partial charge in [-0.2, -0.15) is 0 Å². The first-order valence-electron chi connectivity index (χ1n) is 9.39. The summed E-state index contributed by atoms with van der Waals surface area (Å²) in [5.74, 6) is 0. The first-order valence-corrected chi connectivity index (χ1v) is 9.39. The number of rotatable bonds is 10. The van der Waals surface area contributed by atoms with E-state index >= 15 is 0 Å². The van der Waals surface area contributed by atoms with Gasteiger partial charge in [0.25, 0.3) is 0 Å². The molecule has 0 spiro atoms. The molecule has 0 radical (unpaired) electrons. The minimum Gasteiger partial charge on any atom is -0.372 e. The molecule has 0 bridgehead atoms. The molecule has 24 heavy (non-hydrogen) atoms. The maximum absolute atomic E-state index is 2.54. The SMILES string of the molecule is CCCCN(CCCC)c1ccc(C/C=C/c2ccccc2)cc1. The van der Waals surface area contributed by atoms with Gasteiger partial charge in [0.15, 0.2) is 0 Å². The molecule has 1 heteroatoms. The number of hydrogen-bond acceptors (Lipinski definition) is 1. The Morgan fingerprint density at radius 2 is 1.42 bits per heavy atom. The van der Waals surface area contributed by atoms with Crippen LogP contribution >= 0.6 is 0 Å². The second-order valence-electron chi connectivity index (χ2n) is 6.38. The van der Waals surface area contributed by atoms with Gasteiger partial charge in [-0.15, -0.1) is 0 Å². The van der Waals surface area contributed by atoms with Crippen molar-refractivity contribution in [1.29, 1.82) is 0 Å². The van der Waals surface area contributed by atoms with Crippen molar-refractivity contribution in [3.8, 4) is 0 Å². The lowest BCUT2D eigenvalue weighted by Crippen LogP contribution is -2.25. The Morgan fingerprint density at radius 1 is 0.792 bits per heavy atom. The highest BCUT2D eigenvalue weighted by atomic mass is 15.1. The van der Waals surface area contributed by atoms with E-state index in [0.29, 0.717) is 0 Å². The number of benzene rings is 2. The Labute approximate surface area is 148 Å². The Bertz CT molecular complexity index is 575. The quantitative estimate of drug-likeness (QED) is 0.493. The third-order valence-electron chi connectivity index (χ3n) is 4.33. The molecule has 0 aliphatic heterocycles. The van der Waals surface area contributed by atoms with Gasteiger partial charge in [-0.1, -0.05) is 81.3 Å². The summed E-state index contributed by atoms with van der Waals surface area (Å²) < 4.78 is 0. The lowest BCUT2D eigenvalue weighted by Gasteiger charge is -2.24. The summed E-state index contributed by atoms with van der Waals surface area (Å²) in [6, 6.07) is 19.6. The number of nitrogens with zero attached hydrogens (tertiary/aromatic N) is 1. The van der Waals surface area contributed by atoms with Crippen molar-refractivity contribution in [2.75, 3.05) is 18.0 Å². The van der Waals surface area contributed by atoms with Gasteiger partial charge in [0.1, 0.15) is 0 Å². The van der Waals surface area contributed by atoms with Crippen LogP contribution in [0.2, 0.25) is 0 Å². The fourth-order valence-electron chi connectivity index (χ4n) is 2.81. The van der Waals surface area contributed by atoms with E-state index in [1.165, 1.54) is 55.6 Å². The van der Waals surface area contributed by atoms with Gasteiger partial charge >= 0.3 is 0 Å². The van der Waals surface area contributed by atoms with E-state index < -0.39 is 0 Å². The minimum absolute atomic E-state index is 0.985. The predicted molar refractivity (Wildman–Crippen MR) is 108 cm³/mol. The zero-order valence-corrected chi connectivity index (χ0v) is 15.2. The molecule has 0 saturated carbocycles. The Kier molecular flexibility index (Phi) is 8.17. The lowest BCUT2D eigenvalue weighted by atomic mass is 10.1. The standard InChI is InChI=1S/C23H31N/c1-3-5-19-24(20-6-4-2)23-17-15-22(16-18-23)14-10-13-21-11-8-7-9-12-21/h7-13,15-18H,3-6,14,19-20H2,1-2H3/b13-10+. The molecule has 0 aromatic heterocycles. The van der Waals surface area contributed by atoms with Gasteiger partial charge in [0, 0.05) is 18.8 Å². The monoisotopic (exact) mass is 321 g/mol. The van der Waals surface area contributed by atoms with Crippen molar-refractivity contribution in [2.24, 2.45) is 0 Å². The van der Waals surface area contributed by atoms with Crippen LogP contribution < -0.4 is 4.90 Å². The van der Waals surface area contributed by atoms with Crippen molar-refractivity contribution < 1.29 is 0 Å². The average Bonchev–Trinajstić information content (AvgIpc) is 2.64. The normalized spacial score (nSPS) is 11.1. The van der Waals surface area contributed by atoms with Gasteiger partial charge in [-0.05, 0) is 42.5 Å². The van der Waals surface area contributed by atoms with E-state index in [0.717, 1.165) is 6.42 Å². The number of anilines is 1. The minimum atomic E-state index is 0.985. The molecule has 128 valence electrons. The molecule has 0 amide bonds.